The molecule has 0 bridgehead atoms. The summed E-state index contributed by atoms with van der Waals surface area (Å²) in [6.07, 6.45) is -0.827. The van der Waals surface area contributed by atoms with Crippen molar-refractivity contribution in [3.05, 3.63) is 0 Å². The highest BCUT2D eigenvalue weighted by atomic mass is 32.2. The summed E-state index contributed by atoms with van der Waals surface area (Å²) >= 11 is 2.71. The quantitative estimate of drug-likeness (QED) is 0.363. The fraction of sp³-hybridized carbons (Fsp3) is 0.750. The van der Waals surface area contributed by atoms with E-state index in [4.69, 9.17) is 17.2 Å². The Morgan fingerprint density at radius 1 is 0.773 bits per heavy atom. The number of aliphatic hydroxyl groups is 1. The molecule has 7 N–H and O–H groups in total. The third-order valence-electron chi connectivity index (χ3n) is 2.37. The highest BCUT2D eigenvalue weighted by molar-refractivity contribution is 8.14. The minimum absolute atomic E-state index is 0.262. The lowest BCUT2D eigenvalue weighted by Gasteiger charge is -2.24. The average Bonchev–Trinajstić information content (AvgIpc) is 2.48. The maximum atomic E-state index is 12.1. The van der Waals surface area contributed by atoms with Crippen LogP contribution in [0.15, 0.2) is 0 Å². The summed E-state index contributed by atoms with van der Waals surface area (Å²) in [5, 5.41) is 9.16. The summed E-state index contributed by atoms with van der Waals surface area (Å²) in [6.45, 7) is 0.893. The Hall–Kier alpha value is -0.100. The van der Waals surface area contributed by atoms with Crippen LogP contribution in [-0.2, 0) is 14.4 Å². The van der Waals surface area contributed by atoms with Gasteiger partial charge in [-0.25, -0.2) is 0 Å². The number of rotatable bonds is 11. The largest absolute Gasteiger partial charge is 0.380 e. The van der Waals surface area contributed by atoms with Gasteiger partial charge in [0.2, 0.25) is 5.12 Å². The van der Waals surface area contributed by atoms with Crippen molar-refractivity contribution in [2.45, 2.75) is 18.4 Å². The topological polar surface area (TPSA) is 150 Å². The minimum atomic E-state index is -2.00. The zero-order valence-electron chi connectivity index (χ0n) is 12.3. The van der Waals surface area contributed by atoms with Gasteiger partial charge in [0.1, 0.15) is 5.60 Å². The fourth-order valence-electron chi connectivity index (χ4n) is 1.42. The summed E-state index contributed by atoms with van der Waals surface area (Å²) in [7, 11) is 0. The predicted octanol–water partition coefficient (Wildman–Crippen LogP) is -0.847. The first kappa shape index (κ1) is 21.9. The third kappa shape index (κ3) is 9.13. The van der Waals surface area contributed by atoms with Crippen molar-refractivity contribution in [1.82, 2.24) is 0 Å². The summed E-state index contributed by atoms with van der Waals surface area (Å²) < 4.78 is 0. The maximum Gasteiger partial charge on any atom is 0.221 e. The normalized spacial score (nSPS) is 11.5. The Kier molecular flexibility index (Phi) is 12.3. The number of carbonyl (C=O) groups is 3. The average molecular weight is 370 g/mol. The van der Waals surface area contributed by atoms with Gasteiger partial charge in [-0.05, 0) is 0 Å². The molecule has 128 valence electrons. The van der Waals surface area contributed by atoms with Gasteiger partial charge < -0.3 is 22.3 Å². The van der Waals surface area contributed by atoms with Crippen LogP contribution in [0.25, 0.3) is 0 Å². The number of thioether (sulfide) groups is 3. The van der Waals surface area contributed by atoms with E-state index in [1.54, 1.807) is 0 Å². The van der Waals surface area contributed by atoms with Crippen molar-refractivity contribution in [3.63, 3.8) is 0 Å². The maximum absolute atomic E-state index is 12.1. The van der Waals surface area contributed by atoms with Crippen LogP contribution < -0.4 is 17.2 Å². The Morgan fingerprint density at radius 3 is 1.50 bits per heavy atom. The van der Waals surface area contributed by atoms with Crippen LogP contribution in [-0.4, -0.2) is 62.9 Å². The van der Waals surface area contributed by atoms with E-state index in [9.17, 15) is 19.5 Å². The second kappa shape index (κ2) is 12.3. The van der Waals surface area contributed by atoms with Gasteiger partial charge in [-0.2, -0.15) is 0 Å². The molecule has 0 aromatic rings. The molecule has 0 fully saturated rings. The molecule has 0 heterocycles. The molecule has 7 nitrogen and oxygen atoms in total. The summed E-state index contributed by atoms with van der Waals surface area (Å²) in [5.74, 6) is 1.11. The first-order valence-electron chi connectivity index (χ1n) is 6.70. The molecule has 0 saturated carbocycles. The van der Waals surface area contributed by atoms with Gasteiger partial charge in [-0.3, -0.25) is 14.4 Å². The molecule has 22 heavy (non-hydrogen) atoms. The number of hydrogen-bond donors (Lipinski definition) is 4. The predicted molar refractivity (Wildman–Crippen MR) is 93.7 cm³/mol. The summed E-state index contributed by atoms with van der Waals surface area (Å²) in [5.41, 5.74) is 14.0. The molecule has 0 aliphatic rings. The zero-order valence-corrected chi connectivity index (χ0v) is 14.7. The van der Waals surface area contributed by atoms with Gasteiger partial charge in [-0.15, -0.1) is 0 Å². The Labute approximate surface area is 142 Å². The summed E-state index contributed by atoms with van der Waals surface area (Å²) in [6, 6.07) is 0. The Morgan fingerprint density at radius 2 is 1.14 bits per heavy atom. The zero-order chi connectivity index (χ0) is 17.0. The van der Waals surface area contributed by atoms with Gasteiger partial charge in [-0.1, -0.05) is 35.3 Å². The molecule has 10 heteroatoms. The molecule has 0 radical (unpaired) electrons. The Balaban J connectivity index is 4.83. The molecular weight excluding hydrogens is 346 g/mol. The molecule has 0 aliphatic carbocycles. The van der Waals surface area contributed by atoms with E-state index in [1.165, 1.54) is 0 Å². The smallest absolute Gasteiger partial charge is 0.221 e. The lowest BCUT2D eigenvalue weighted by atomic mass is 9.99. The van der Waals surface area contributed by atoms with Gasteiger partial charge in [0.25, 0.3) is 0 Å². The first-order chi connectivity index (χ1) is 10.4. The van der Waals surface area contributed by atoms with Crippen LogP contribution in [0.1, 0.15) is 12.8 Å². The fourth-order valence-corrected chi connectivity index (χ4v) is 3.51. The van der Waals surface area contributed by atoms with Crippen molar-refractivity contribution < 1.29 is 19.5 Å². The van der Waals surface area contributed by atoms with E-state index < -0.39 is 23.6 Å². The molecule has 0 atom stereocenters. The Bertz CT molecular complexity index is 361. The highest BCUT2D eigenvalue weighted by Gasteiger charge is 2.40. The molecule has 0 aromatic carbocycles. The second-order valence-electron chi connectivity index (χ2n) is 4.33. The minimum Gasteiger partial charge on any atom is -0.380 e. The lowest BCUT2D eigenvalue weighted by Crippen LogP contribution is -2.41. The van der Waals surface area contributed by atoms with Crippen LogP contribution in [0.2, 0.25) is 0 Å². The van der Waals surface area contributed by atoms with Crippen molar-refractivity contribution in [2.24, 2.45) is 17.2 Å². The highest BCUT2D eigenvalue weighted by Crippen LogP contribution is 2.28. The van der Waals surface area contributed by atoms with Crippen molar-refractivity contribution in [1.29, 1.82) is 0 Å². The van der Waals surface area contributed by atoms with Crippen molar-refractivity contribution >= 4 is 50.6 Å². The second-order valence-corrected chi connectivity index (χ2v) is 7.70. The molecule has 0 rings (SSSR count). The first-order valence-corrected chi connectivity index (χ1v) is 9.66. The van der Waals surface area contributed by atoms with E-state index >= 15 is 0 Å². The molecule has 0 amide bonds. The van der Waals surface area contributed by atoms with Crippen molar-refractivity contribution in [2.75, 3.05) is 36.9 Å². The van der Waals surface area contributed by atoms with Crippen LogP contribution in [0.5, 0.6) is 0 Å². The SMILES string of the molecule is NCCSC(=O)CC(O)(CC(=O)SCCN)C(=O)SCCN. The van der Waals surface area contributed by atoms with Crippen LogP contribution in [0.3, 0.4) is 0 Å². The number of nitrogens with two attached hydrogens (primary N) is 3. The number of carbonyl (C=O) groups excluding carboxylic acids is 3. The molecule has 0 saturated heterocycles. The van der Waals surface area contributed by atoms with Crippen LogP contribution in [0.4, 0.5) is 0 Å². The lowest BCUT2D eigenvalue weighted by molar-refractivity contribution is -0.136. The van der Waals surface area contributed by atoms with Crippen LogP contribution >= 0.6 is 35.3 Å². The summed E-state index contributed by atoms with van der Waals surface area (Å²) in [4.78, 5) is 35.8. The molecule has 0 unspecified atom stereocenters. The molecular formula is C12H23N3O4S3. The third-order valence-corrected chi connectivity index (χ3v) is 5.26. The van der Waals surface area contributed by atoms with E-state index in [1.807, 2.05) is 0 Å². The molecule has 0 spiro atoms. The van der Waals surface area contributed by atoms with Gasteiger partial charge >= 0.3 is 0 Å². The monoisotopic (exact) mass is 369 g/mol. The standard InChI is InChI=1S/C12H23N3O4S3/c13-1-4-20-9(16)7-12(19,11(18)22-6-3-15)8-10(17)21-5-2-14/h19H,1-8,13-15H2. The van der Waals surface area contributed by atoms with E-state index in [2.05, 4.69) is 0 Å². The van der Waals surface area contributed by atoms with Gasteiger partial charge in [0.15, 0.2) is 10.2 Å². The van der Waals surface area contributed by atoms with Crippen LogP contribution in [0, 0.1) is 0 Å². The van der Waals surface area contributed by atoms with Crippen molar-refractivity contribution in [3.8, 4) is 0 Å². The molecule has 0 aromatic heterocycles. The molecule has 0 aliphatic heterocycles. The van der Waals surface area contributed by atoms with Gasteiger partial charge in [0.05, 0.1) is 12.8 Å². The van der Waals surface area contributed by atoms with Gasteiger partial charge in [0, 0.05) is 36.9 Å². The number of hydrogen-bond acceptors (Lipinski definition) is 10. The van der Waals surface area contributed by atoms with E-state index in [0.717, 1.165) is 35.3 Å². The van der Waals surface area contributed by atoms with E-state index in [-0.39, 0.29) is 16.8 Å². The van der Waals surface area contributed by atoms with E-state index in [0.29, 0.717) is 30.3 Å².